The smallest absolute Gasteiger partial charge is 0.0927 e. The molecule has 0 amide bonds. The molecule has 1 aromatic heterocycles. The first-order valence-corrected chi connectivity index (χ1v) is 5.27. The van der Waals surface area contributed by atoms with Crippen LogP contribution in [0.3, 0.4) is 0 Å². The van der Waals surface area contributed by atoms with Gasteiger partial charge in [-0.3, -0.25) is 4.98 Å². The summed E-state index contributed by atoms with van der Waals surface area (Å²) in [5, 5.41) is 1.95. The minimum Gasteiger partial charge on any atom is -0.398 e. The van der Waals surface area contributed by atoms with Crippen molar-refractivity contribution in [1.82, 2.24) is 4.98 Å². The molecule has 2 rings (SSSR count). The molecule has 4 heteroatoms. The summed E-state index contributed by atoms with van der Waals surface area (Å²) in [4.78, 5) is 4.34. The van der Waals surface area contributed by atoms with E-state index in [9.17, 15) is 0 Å². The lowest BCUT2D eigenvalue weighted by atomic mass is 10.1. The number of fused-ring (bicyclic) bond motifs is 1. The van der Waals surface area contributed by atoms with Crippen LogP contribution >= 0.6 is 23.2 Å². The van der Waals surface area contributed by atoms with Crippen LogP contribution in [0.4, 0.5) is 5.69 Å². The van der Waals surface area contributed by atoms with E-state index in [1.807, 2.05) is 13.8 Å². The Hall–Kier alpha value is -0.990. The second-order valence-corrected chi connectivity index (χ2v) is 4.35. The van der Waals surface area contributed by atoms with Gasteiger partial charge in [-0.1, -0.05) is 23.2 Å². The van der Waals surface area contributed by atoms with Gasteiger partial charge in [0.15, 0.2) is 0 Å². The summed E-state index contributed by atoms with van der Waals surface area (Å²) >= 11 is 12.3. The predicted molar refractivity (Wildman–Crippen MR) is 65.6 cm³/mol. The number of nitrogens with two attached hydrogens (primary N) is 1. The monoisotopic (exact) mass is 240 g/mol. The lowest BCUT2D eigenvalue weighted by molar-refractivity contribution is 1.25. The van der Waals surface area contributed by atoms with Gasteiger partial charge < -0.3 is 5.73 Å². The molecule has 0 unspecified atom stereocenters. The van der Waals surface area contributed by atoms with Crippen LogP contribution in [0.2, 0.25) is 10.0 Å². The highest BCUT2D eigenvalue weighted by Crippen LogP contribution is 2.35. The van der Waals surface area contributed by atoms with Crippen molar-refractivity contribution in [1.29, 1.82) is 0 Å². The summed E-state index contributed by atoms with van der Waals surface area (Å²) in [5.41, 5.74) is 8.95. The van der Waals surface area contributed by atoms with E-state index in [-0.39, 0.29) is 0 Å². The predicted octanol–water partition coefficient (Wildman–Crippen LogP) is 3.74. The van der Waals surface area contributed by atoms with Crippen LogP contribution < -0.4 is 5.73 Å². The Bertz CT molecular complexity index is 550. The molecular weight excluding hydrogens is 231 g/mol. The third-order valence-electron chi connectivity index (χ3n) is 2.31. The Kier molecular flexibility index (Phi) is 2.49. The highest BCUT2D eigenvalue weighted by atomic mass is 35.5. The number of pyridine rings is 1. The first-order chi connectivity index (χ1) is 7.00. The molecule has 2 aromatic rings. The molecule has 0 saturated heterocycles. The molecule has 0 aliphatic carbocycles. The first kappa shape index (κ1) is 10.5. The van der Waals surface area contributed by atoms with Gasteiger partial charge in [-0.05, 0) is 31.5 Å². The third-order valence-corrected chi connectivity index (χ3v) is 3.09. The average molecular weight is 241 g/mol. The van der Waals surface area contributed by atoms with Gasteiger partial charge in [-0.25, -0.2) is 0 Å². The highest BCUT2D eigenvalue weighted by molar-refractivity contribution is 6.41. The fraction of sp³-hybridized carbons (Fsp3) is 0.182. The molecule has 1 heterocycles. The zero-order chi connectivity index (χ0) is 11.2. The summed E-state index contributed by atoms with van der Waals surface area (Å²) in [6.07, 6.45) is 0. The number of nitrogens with zero attached hydrogens (tertiary/aromatic N) is 1. The Morgan fingerprint density at radius 2 is 1.87 bits per heavy atom. The largest absolute Gasteiger partial charge is 0.398 e. The maximum absolute atomic E-state index is 6.18. The van der Waals surface area contributed by atoms with Crippen molar-refractivity contribution in [2.24, 2.45) is 0 Å². The van der Waals surface area contributed by atoms with Gasteiger partial charge in [0.25, 0.3) is 0 Å². The average Bonchev–Trinajstić information content (AvgIpc) is 2.13. The summed E-state index contributed by atoms with van der Waals surface area (Å²) in [6, 6.07) is 3.60. The molecule has 0 saturated carbocycles. The second-order valence-electron chi connectivity index (χ2n) is 3.57. The molecule has 2 N–H and O–H groups in total. The first-order valence-electron chi connectivity index (χ1n) is 4.52. The maximum Gasteiger partial charge on any atom is 0.0927 e. The Morgan fingerprint density at radius 3 is 2.53 bits per heavy atom. The van der Waals surface area contributed by atoms with E-state index in [1.54, 1.807) is 12.1 Å². The molecule has 0 aliphatic rings. The van der Waals surface area contributed by atoms with Crippen LogP contribution in [0.15, 0.2) is 12.1 Å². The number of nitrogen functional groups attached to an aromatic ring is 1. The summed E-state index contributed by atoms with van der Waals surface area (Å²) < 4.78 is 0. The van der Waals surface area contributed by atoms with E-state index in [0.29, 0.717) is 21.2 Å². The van der Waals surface area contributed by atoms with Crippen LogP contribution in [-0.4, -0.2) is 4.98 Å². The standard InChI is InChI=1S/C11H10Cl2N2/c1-5-3-7(12)11-9(10(5)13)8(14)4-6(2)15-11/h3-4H,1-2H3,(H2,14,15). The zero-order valence-corrected chi connectivity index (χ0v) is 9.95. The van der Waals surface area contributed by atoms with E-state index in [1.165, 1.54) is 0 Å². The molecule has 1 aromatic carbocycles. The van der Waals surface area contributed by atoms with Crippen molar-refractivity contribution in [3.8, 4) is 0 Å². The Labute approximate surface area is 98.0 Å². The molecular formula is C11H10Cl2N2. The van der Waals surface area contributed by atoms with Crippen molar-refractivity contribution >= 4 is 39.8 Å². The Balaban J connectivity index is 3.03. The van der Waals surface area contributed by atoms with E-state index < -0.39 is 0 Å². The topological polar surface area (TPSA) is 38.9 Å². The minimum absolute atomic E-state index is 0.585. The van der Waals surface area contributed by atoms with Gasteiger partial charge in [-0.15, -0.1) is 0 Å². The van der Waals surface area contributed by atoms with Crippen LogP contribution in [-0.2, 0) is 0 Å². The number of hydrogen-bond acceptors (Lipinski definition) is 2. The Morgan fingerprint density at radius 1 is 1.20 bits per heavy atom. The van der Waals surface area contributed by atoms with Crippen molar-refractivity contribution in [2.75, 3.05) is 5.73 Å². The number of anilines is 1. The van der Waals surface area contributed by atoms with E-state index in [2.05, 4.69) is 4.98 Å². The molecule has 2 nitrogen and oxygen atoms in total. The fourth-order valence-electron chi connectivity index (χ4n) is 1.62. The van der Waals surface area contributed by atoms with Gasteiger partial charge in [0, 0.05) is 16.8 Å². The van der Waals surface area contributed by atoms with Crippen LogP contribution in [0, 0.1) is 13.8 Å². The molecule has 0 atom stereocenters. The van der Waals surface area contributed by atoms with Gasteiger partial charge in [0.2, 0.25) is 0 Å². The van der Waals surface area contributed by atoms with Gasteiger partial charge in [0.1, 0.15) is 0 Å². The molecule has 0 fully saturated rings. The number of benzene rings is 1. The fourth-order valence-corrected chi connectivity index (χ4v) is 2.17. The van der Waals surface area contributed by atoms with Crippen LogP contribution in [0.1, 0.15) is 11.3 Å². The van der Waals surface area contributed by atoms with E-state index >= 15 is 0 Å². The molecule has 0 aliphatic heterocycles. The van der Waals surface area contributed by atoms with Gasteiger partial charge in [-0.2, -0.15) is 0 Å². The highest BCUT2D eigenvalue weighted by Gasteiger charge is 2.11. The van der Waals surface area contributed by atoms with Crippen molar-refractivity contribution in [3.63, 3.8) is 0 Å². The van der Waals surface area contributed by atoms with Crippen LogP contribution in [0.25, 0.3) is 10.9 Å². The lowest BCUT2D eigenvalue weighted by Crippen LogP contribution is -1.94. The molecule has 0 radical (unpaired) electrons. The van der Waals surface area contributed by atoms with Crippen molar-refractivity contribution in [2.45, 2.75) is 13.8 Å². The minimum atomic E-state index is 0.585. The molecule has 15 heavy (non-hydrogen) atoms. The maximum atomic E-state index is 6.18. The van der Waals surface area contributed by atoms with Gasteiger partial charge >= 0.3 is 0 Å². The summed E-state index contributed by atoms with van der Waals surface area (Å²) in [6.45, 7) is 3.77. The number of halogens is 2. The van der Waals surface area contributed by atoms with Crippen LogP contribution in [0.5, 0.6) is 0 Å². The normalized spacial score (nSPS) is 10.9. The number of rotatable bonds is 0. The zero-order valence-electron chi connectivity index (χ0n) is 8.44. The number of aryl methyl sites for hydroxylation is 2. The number of hydrogen-bond donors (Lipinski definition) is 1. The second kappa shape index (κ2) is 3.54. The van der Waals surface area contributed by atoms with Crippen molar-refractivity contribution in [3.05, 3.63) is 33.4 Å². The summed E-state index contributed by atoms with van der Waals surface area (Å²) in [5.74, 6) is 0. The quantitative estimate of drug-likeness (QED) is 0.762. The van der Waals surface area contributed by atoms with E-state index in [4.69, 9.17) is 28.9 Å². The lowest BCUT2D eigenvalue weighted by Gasteiger charge is -2.09. The number of aromatic nitrogens is 1. The molecule has 78 valence electrons. The molecule has 0 spiro atoms. The van der Waals surface area contributed by atoms with Gasteiger partial charge in [0.05, 0.1) is 15.6 Å². The van der Waals surface area contributed by atoms with Crippen molar-refractivity contribution < 1.29 is 0 Å². The van der Waals surface area contributed by atoms with E-state index in [0.717, 1.165) is 16.6 Å². The summed E-state index contributed by atoms with van der Waals surface area (Å²) in [7, 11) is 0. The SMILES string of the molecule is Cc1cc(N)c2c(Cl)c(C)cc(Cl)c2n1. The molecule has 0 bridgehead atoms. The third kappa shape index (κ3) is 1.64.